The summed E-state index contributed by atoms with van der Waals surface area (Å²) in [6.45, 7) is 1.84. The van der Waals surface area contributed by atoms with Gasteiger partial charge in [-0.25, -0.2) is 0 Å². The molecular formula is C35H37N3O5. The van der Waals surface area contributed by atoms with Crippen LogP contribution < -0.4 is 25.0 Å². The number of rotatable bonds is 12. The van der Waals surface area contributed by atoms with E-state index in [1.165, 1.54) is 11.1 Å². The molecule has 2 N–H and O–H groups in total. The minimum absolute atomic E-state index is 0.0906. The highest BCUT2D eigenvalue weighted by atomic mass is 16.5. The standard InChI is InChI=1S/C35H37N3O5/c1-38(20-18-24-13-16-29(41-2)31(21-24)43-4)19-17-23-11-14-26(15-12-23)36-32(39)22-25-7-5-8-27-33(25)37-34-28(35(27)40)9-6-10-30(34)42-3/h5-16,21H,17-20,22H2,1-4H3,(H,36,39)(H,37,40). The zero-order valence-electron chi connectivity index (χ0n) is 25.0. The second kappa shape index (κ2) is 13.4. The number of amides is 1. The number of carbonyl (C=O) groups is 1. The Balaban J connectivity index is 1.17. The predicted molar refractivity (Wildman–Crippen MR) is 172 cm³/mol. The van der Waals surface area contributed by atoms with Crippen LogP contribution in [0.3, 0.4) is 0 Å². The molecule has 8 heteroatoms. The summed E-state index contributed by atoms with van der Waals surface area (Å²) in [6, 6.07) is 24.8. The average Bonchev–Trinajstić information content (AvgIpc) is 3.03. The first-order valence-electron chi connectivity index (χ1n) is 14.3. The van der Waals surface area contributed by atoms with Gasteiger partial charge in [-0.15, -0.1) is 0 Å². The highest BCUT2D eigenvalue weighted by Crippen LogP contribution is 2.28. The summed E-state index contributed by atoms with van der Waals surface area (Å²) in [5, 5.41) is 4.09. The van der Waals surface area contributed by atoms with Crippen LogP contribution in [0.15, 0.2) is 83.7 Å². The minimum Gasteiger partial charge on any atom is -0.495 e. The van der Waals surface area contributed by atoms with Gasteiger partial charge in [-0.3, -0.25) is 9.59 Å². The van der Waals surface area contributed by atoms with E-state index in [9.17, 15) is 9.59 Å². The maximum atomic E-state index is 13.2. The van der Waals surface area contributed by atoms with Crippen molar-refractivity contribution >= 4 is 33.4 Å². The maximum absolute atomic E-state index is 13.2. The number of para-hydroxylation sites is 2. The Morgan fingerprint density at radius 1 is 0.744 bits per heavy atom. The van der Waals surface area contributed by atoms with Crippen molar-refractivity contribution in [3.05, 3.63) is 106 Å². The lowest BCUT2D eigenvalue weighted by Crippen LogP contribution is -2.23. The summed E-state index contributed by atoms with van der Waals surface area (Å²) in [4.78, 5) is 31.8. The number of nitrogens with one attached hydrogen (secondary N) is 2. The summed E-state index contributed by atoms with van der Waals surface area (Å²) in [5.74, 6) is 1.91. The van der Waals surface area contributed by atoms with Crippen molar-refractivity contribution in [2.45, 2.75) is 19.3 Å². The lowest BCUT2D eigenvalue weighted by molar-refractivity contribution is -0.115. The molecule has 0 radical (unpaired) electrons. The first kappa shape index (κ1) is 29.7. The molecule has 8 nitrogen and oxygen atoms in total. The molecule has 43 heavy (non-hydrogen) atoms. The van der Waals surface area contributed by atoms with Gasteiger partial charge in [0.05, 0.1) is 38.8 Å². The van der Waals surface area contributed by atoms with Gasteiger partial charge in [0.25, 0.3) is 0 Å². The molecule has 5 rings (SSSR count). The summed E-state index contributed by atoms with van der Waals surface area (Å²) in [6.07, 6.45) is 1.94. The second-order valence-electron chi connectivity index (χ2n) is 10.6. The van der Waals surface area contributed by atoms with Crippen molar-refractivity contribution in [1.29, 1.82) is 0 Å². The highest BCUT2D eigenvalue weighted by molar-refractivity contribution is 5.99. The Kier molecular flexibility index (Phi) is 9.27. The largest absolute Gasteiger partial charge is 0.495 e. The average molecular weight is 580 g/mol. The number of hydrogen-bond acceptors (Lipinski definition) is 6. The number of fused-ring (bicyclic) bond motifs is 2. The molecule has 1 amide bonds. The smallest absolute Gasteiger partial charge is 0.228 e. The number of nitrogens with zero attached hydrogens (tertiary/aromatic N) is 1. The lowest BCUT2D eigenvalue weighted by atomic mass is 10.0. The van der Waals surface area contributed by atoms with E-state index in [1.807, 2.05) is 48.5 Å². The molecule has 0 aliphatic rings. The quantitative estimate of drug-likeness (QED) is 0.187. The molecule has 0 saturated heterocycles. The van der Waals surface area contributed by atoms with Crippen LogP contribution in [-0.4, -0.2) is 57.3 Å². The first-order chi connectivity index (χ1) is 20.9. The van der Waals surface area contributed by atoms with Crippen LogP contribution in [0.25, 0.3) is 21.8 Å². The van der Waals surface area contributed by atoms with Crippen molar-refractivity contribution < 1.29 is 19.0 Å². The SMILES string of the molecule is COc1ccc(CCN(C)CCc2ccc(NC(=O)Cc3cccc4c(=O)c5cccc(OC)c5[nH]c34)cc2)cc1OC. The zero-order valence-corrected chi connectivity index (χ0v) is 25.0. The van der Waals surface area contributed by atoms with E-state index in [-0.39, 0.29) is 17.8 Å². The van der Waals surface area contributed by atoms with Gasteiger partial charge in [-0.05, 0) is 79.0 Å². The van der Waals surface area contributed by atoms with Gasteiger partial charge in [0.2, 0.25) is 5.91 Å². The second-order valence-corrected chi connectivity index (χ2v) is 10.6. The van der Waals surface area contributed by atoms with Crippen LogP contribution >= 0.6 is 0 Å². The Hall–Kier alpha value is -4.82. The number of carbonyl (C=O) groups excluding carboxylic acids is 1. The van der Waals surface area contributed by atoms with E-state index < -0.39 is 0 Å². The topological polar surface area (TPSA) is 92.9 Å². The fourth-order valence-corrected chi connectivity index (χ4v) is 5.29. The fraction of sp³-hybridized carbons (Fsp3) is 0.257. The number of pyridine rings is 1. The summed E-state index contributed by atoms with van der Waals surface area (Å²) < 4.78 is 16.2. The van der Waals surface area contributed by atoms with E-state index in [0.29, 0.717) is 27.6 Å². The molecule has 0 aliphatic carbocycles. The molecule has 5 aromatic rings. The monoisotopic (exact) mass is 579 g/mol. The Morgan fingerprint density at radius 3 is 2.07 bits per heavy atom. The van der Waals surface area contributed by atoms with Crippen molar-refractivity contribution in [2.24, 2.45) is 0 Å². The number of aromatic nitrogens is 1. The van der Waals surface area contributed by atoms with Gasteiger partial charge in [0.1, 0.15) is 5.75 Å². The molecule has 0 saturated carbocycles. The molecule has 222 valence electrons. The fourth-order valence-electron chi connectivity index (χ4n) is 5.29. The van der Waals surface area contributed by atoms with Gasteiger partial charge >= 0.3 is 0 Å². The molecular weight excluding hydrogens is 542 g/mol. The van der Waals surface area contributed by atoms with Crippen LogP contribution in [0.2, 0.25) is 0 Å². The Bertz CT molecular complexity index is 1800. The molecule has 0 atom stereocenters. The van der Waals surface area contributed by atoms with Crippen LogP contribution in [0, 0.1) is 0 Å². The number of ether oxygens (including phenoxy) is 3. The molecule has 4 aromatic carbocycles. The zero-order chi connectivity index (χ0) is 30.3. The van der Waals surface area contributed by atoms with Gasteiger partial charge < -0.3 is 29.4 Å². The third-order valence-electron chi connectivity index (χ3n) is 7.74. The Labute approximate surface area is 251 Å². The number of hydrogen-bond donors (Lipinski definition) is 2. The summed E-state index contributed by atoms with van der Waals surface area (Å²) in [5.41, 5.74) is 5.05. The van der Waals surface area contributed by atoms with E-state index in [1.54, 1.807) is 45.6 Å². The van der Waals surface area contributed by atoms with Crippen LogP contribution in [0.4, 0.5) is 5.69 Å². The lowest BCUT2D eigenvalue weighted by Gasteiger charge is -2.17. The number of anilines is 1. The van der Waals surface area contributed by atoms with Crippen LogP contribution in [0.5, 0.6) is 17.2 Å². The van der Waals surface area contributed by atoms with E-state index in [0.717, 1.165) is 48.7 Å². The molecule has 1 aromatic heterocycles. The molecule has 0 bridgehead atoms. The third kappa shape index (κ3) is 6.81. The van der Waals surface area contributed by atoms with Crippen LogP contribution in [0.1, 0.15) is 16.7 Å². The molecule has 0 fully saturated rings. The number of H-pyrrole nitrogens is 1. The molecule has 0 aliphatic heterocycles. The molecule has 0 spiro atoms. The van der Waals surface area contributed by atoms with Gasteiger partial charge in [0.15, 0.2) is 16.9 Å². The van der Waals surface area contributed by atoms with Gasteiger partial charge in [-0.1, -0.05) is 36.4 Å². The third-order valence-corrected chi connectivity index (χ3v) is 7.74. The van der Waals surface area contributed by atoms with Crippen molar-refractivity contribution in [3.63, 3.8) is 0 Å². The van der Waals surface area contributed by atoms with Crippen molar-refractivity contribution in [1.82, 2.24) is 9.88 Å². The van der Waals surface area contributed by atoms with Gasteiger partial charge in [-0.2, -0.15) is 0 Å². The predicted octanol–water partition coefficient (Wildman–Crippen LogP) is 5.61. The van der Waals surface area contributed by atoms with Gasteiger partial charge in [0, 0.05) is 29.5 Å². The summed E-state index contributed by atoms with van der Waals surface area (Å²) >= 11 is 0. The molecule has 0 unspecified atom stereocenters. The first-order valence-corrected chi connectivity index (χ1v) is 14.3. The number of likely N-dealkylation sites (N-methyl/N-ethyl adjacent to an activating group) is 1. The normalized spacial score (nSPS) is 11.2. The highest BCUT2D eigenvalue weighted by Gasteiger charge is 2.14. The van der Waals surface area contributed by atoms with Crippen molar-refractivity contribution in [3.8, 4) is 17.2 Å². The van der Waals surface area contributed by atoms with E-state index in [4.69, 9.17) is 14.2 Å². The number of methoxy groups -OCH3 is 3. The maximum Gasteiger partial charge on any atom is 0.228 e. The van der Waals surface area contributed by atoms with Crippen molar-refractivity contribution in [2.75, 3.05) is 46.8 Å². The summed E-state index contributed by atoms with van der Waals surface area (Å²) in [7, 11) is 6.98. The number of benzene rings is 4. The van der Waals surface area contributed by atoms with Crippen LogP contribution in [-0.2, 0) is 24.1 Å². The number of aromatic amines is 1. The van der Waals surface area contributed by atoms with E-state index >= 15 is 0 Å². The Morgan fingerprint density at radius 2 is 1.37 bits per heavy atom. The minimum atomic E-state index is -0.156. The van der Waals surface area contributed by atoms with E-state index in [2.05, 4.69) is 28.3 Å². The molecule has 1 heterocycles.